The first kappa shape index (κ1) is 4.12. The Morgan fingerprint density at radius 3 is 2.86 bits per heavy atom. The molecule has 0 saturated carbocycles. The zero-order valence-electron chi connectivity index (χ0n) is 3.76. The average Bonchev–Trinajstić information content (AvgIpc) is 2.14. The van der Waals surface area contributed by atoms with Gasteiger partial charge in [0.05, 0.1) is 12.2 Å². The van der Waals surface area contributed by atoms with Gasteiger partial charge in [0.1, 0.15) is 6.08 Å². The molecule has 0 spiro atoms. The largest absolute Gasteiger partial charge is 0.229 e. The molecule has 2 nitrogen and oxygen atoms in total. The predicted molar refractivity (Wildman–Crippen MR) is 26.7 cm³/mol. The molecule has 2 heteroatoms. The SMILES string of the molecule is N=NC1=C[CH+]C=C1. The van der Waals surface area contributed by atoms with Crippen molar-refractivity contribution in [1.29, 1.82) is 5.53 Å². The van der Waals surface area contributed by atoms with Gasteiger partial charge in [-0.3, -0.25) is 0 Å². The maximum atomic E-state index is 6.49. The smallest absolute Gasteiger partial charge is 0.189 e. The zero-order valence-corrected chi connectivity index (χ0v) is 3.76. The van der Waals surface area contributed by atoms with Crippen LogP contribution < -0.4 is 0 Å². The fraction of sp³-hybridized carbons (Fsp3) is 0. The van der Waals surface area contributed by atoms with Crippen molar-refractivity contribution in [2.45, 2.75) is 0 Å². The highest BCUT2D eigenvalue weighted by atomic mass is 15.0. The molecule has 1 aliphatic carbocycles. The van der Waals surface area contributed by atoms with Crippen molar-refractivity contribution >= 4 is 0 Å². The fourth-order valence-corrected chi connectivity index (χ4v) is 0.438. The first-order valence-electron chi connectivity index (χ1n) is 2.02. The summed E-state index contributed by atoms with van der Waals surface area (Å²) < 4.78 is 0. The van der Waals surface area contributed by atoms with E-state index < -0.39 is 0 Å². The quantitative estimate of drug-likeness (QED) is 0.378. The lowest BCUT2D eigenvalue weighted by Crippen LogP contribution is -1.57. The van der Waals surface area contributed by atoms with E-state index in [2.05, 4.69) is 5.11 Å². The molecule has 1 N–H and O–H groups in total. The molecular formula is C5H5N2+. The van der Waals surface area contributed by atoms with E-state index in [-0.39, 0.29) is 0 Å². The maximum absolute atomic E-state index is 6.49. The van der Waals surface area contributed by atoms with Gasteiger partial charge in [-0.2, -0.15) is 5.53 Å². The predicted octanol–water partition coefficient (Wildman–Crippen LogP) is 1.68. The van der Waals surface area contributed by atoms with Crippen molar-refractivity contribution in [1.82, 2.24) is 0 Å². The van der Waals surface area contributed by atoms with Crippen LogP contribution in [-0.2, 0) is 0 Å². The van der Waals surface area contributed by atoms with Crippen LogP contribution in [0.5, 0.6) is 0 Å². The van der Waals surface area contributed by atoms with Crippen LogP contribution in [0, 0.1) is 12.0 Å². The van der Waals surface area contributed by atoms with Gasteiger partial charge in [0.15, 0.2) is 0 Å². The van der Waals surface area contributed by atoms with Crippen LogP contribution in [0.4, 0.5) is 0 Å². The third kappa shape index (κ3) is 0.682. The minimum atomic E-state index is 0.722. The topological polar surface area (TPSA) is 36.2 Å². The van der Waals surface area contributed by atoms with Gasteiger partial charge in [0, 0.05) is 6.42 Å². The summed E-state index contributed by atoms with van der Waals surface area (Å²) in [6.07, 6.45) is 7.28. The molecule has 0 bridgehead atoms. The highest BCUT2D eigenvalue weighted by molar-refractivity contribution is 5.31. The molecule has 0 unspecified atom stereocenters. The second-order valence-electron chi connectivity index (χ2n) is 1.25. The maximum Gasteiger partial charge on any atom is 0.229 e. The molecule has 0 radical (unpaired) electrons. The number of nitrogens with one attached hydrogen (secondary N) is 1. The van der Waals surface area contributed by atoms with Crippen LogP contribution in [0.15, 0.2) is 29.0 Å². The Kier molecular flexibility index (Phi) is 0.941. The standard InChI is InChI=1S/C5H5N2/c6-7-5-3-1-2-4-5/h1-4,6H/q+1. The molecule has 0 amide bonds. The average molecular weight is 93.1 g/mol. The van der Waals surface area contributed by atoms with Crippen molar-refractivity contribution in [3.8, 4) is 0 Å². The van der Waals surface area contributed by atoms with Crippen molar-refractivity contribution in [3.63, 3.8) is 0 Å². The molecule has 34 valence electrons. The van der Waals surface area contributed by atoms with Crippen LogP contribution in [0.1, 0.15) is 0 Å². The van der Waals surface area contributed by atoms with Gasteiger partial charge in [0.2, 0.25) is 5.70 Å². The van der Waals surface area contributed by atoms with Crippen LogP contribution in [-0.4, -0.2) is 0 Å². The van der Waals surface area contributed by atoms with E-state index in [0.717, 1.165) is 5.70 Å². The normalized spacial score (nSPS) is 15.7. The van der Waals surface area contributed by atoms with E-state index in [0.29, 0.717) is 0 Å². The summed E-state index contributed by atoms with van der Waals surface area (Å²) >= 11 is 0. The Hall–Kier alpha value is -1.05. The Morgan fingerprint density at radius 1 is 1.71 bits per heavy atom. The molecule has 7 heavy (non-hydrogen) atoms. The fourth-order valence-electron chi connectivity index (χ4n) is 0.438. The van der Waals surface area contributed by atoms with E-state index in [4.69, 9.17) is 5.53 Å². The molecule has 1 aliphatic rings. The van der Waals surface area contributed by atoms with Crippen LogP contribution >= 0.6 is 0 Å². The van der Waals surface area contributed by atoms with E-state index in [9.17, 15) is 0 Å². The van der Waals surface area contributed by atoms with Crippen molar-refractivity contribution in [3.05, 3.63) is 30.3 Å². The Morgan fingerprint density at radius 2 is 2.57 bits per heavy atom. The first-order chi connectivity index (χ1) is 3.43. The van der Waals surface area contributed by atoms with Gasteiger partial charge in [0.25, 0.3) is 0 Å². The van der Waals surface area contributed by atoms with E-state index in [1.54, 1.807) is 12.2 Å². The van der Waals surface area contributed by atoms with Crippen molar-refractivity contribution < 1.29 is 0 Å². The lowest BCUT2D eigenvalue weighted by molar-refractivity contribution is 1.10. The highest BCUT2D eigenvalue weighted by Crippen LogP contribution is 2.06. The monoisotopic (exact) mass is 93.0 g/mol. The molecule has 0 fully saturated rings. The minimum Gasteiger partial charge on any atom is -0.189 e. The molecule has 0 heterocycles. The summed E-state index contributed by atoms with van der Waals surface area (Å²) in [6, 6.07) is 0. The molecule has 0 aliphatic heterocycles. The number of hydrogen-bond donors (Lipinski definition) is 1. The van der Waals surface area contributed by atoms with Crippen LogP contribution in [0.3, 0.4) is 0 Å². The van der Waals surface area contributed by atoms with Gasteiger partial charge in [-0.25, -0.2) is 0 Å². The molecule has 0 aromatic rings. The van der Waals surface area contributed by atoms with Gasteiger partial charge in [-0.15, -0.1) is 0 Å². The first-order valence-corrected chi connectivity index (χ1v) is 2.02. The van der Waals surface area contributed by atoms with E-state index in [1.165, 1.54) is 0 Å². The molecule has 0 aromatic heterocycles. The number of allylic oxidation sites excluding steroid dienone is 3. The zero-order chi connectivity index (χ0) is 5.11. The minimum absolute atomic E-state index is 0.722. The third-order valence-electron chi connectivity index (χ3n) is 0.774. The Labute approximate surface area is 42.1 Å². The molecule has 0 aromatic carbocycles. The van der Waals surface area contributed by atoms with Crippen molar-refractivity contribution in [2.24, 2.45) is 5.11 Å². The molecule has 1 rings (SSSR count). The lowest BCUT2D eigenvalue weighted by Gasteiger charge is -1.63. The summed E-state index contributed by atoms with van der Waals surface area (Å²) in [5, 5.41) is 3.18. The Balaban J connectivity index is 2.69. The number of nitrogens with zero attached hydrogens (tertiary/aromatic N) is 1. The van der Waals surface area contributed by atoms with E-state index >= 15 is 0 Å². The summed E-state index contributed by atoms with van der Waals surface area (Å²) in [5.74, 6) is 0. The van der Waals surface area contributed by atoms with Gasteiger partial charge in [-0.05, 0) is 0 Å². The Bertz CT molecular complexity index is 133. The second kappa shape index (κ2) is 1.60. The summed E-state index contributed by atoms with van der Waals surface area (Å²) in [4.78, 5) is 0. The molecular weight excluding hydrogens is 88.1 g/mol. The van der Waals surface area contributed by atoms with Gasteiger partial charge < -0.3 is 0 Å². The van der Waals surface area contributed by atoms with Crippen LogP contribution in [0.25, 0.3) is 0 Å². The highest BCUT2D eigenvalue weighted by Gasteiger charge is 2.02. The van der Waals surface area contributed by atoms with Gasteiger partial charge >= 0.3 is 0 Å². The third-order valence-corrected chi connectivity index (χ3v) is 0.774. The van der Waals surface area contributed by atoms with Crippen molar-refractivity contribution in [2.75, 3.05) is 0 Å². The second-order valence-corrected chi connectivity index (χ2v) is 1.25. The number of hydrogen-bond acceptors (Lipinski definition) is 2. The number of rotatable bonds is 1. The summed E-state index contributed by atoms with van der Waals surface area (Å²) in [7, 11) is 0. The molecule has 0 saturated heterocycles. The van der Waals surface area contributed by atoms with E-state index in [1.807, 2.05) is 12.5 Å². The van der Waals surface area contributed by atoms with Gasteiger partial charge in [-0.1, -0.05) is 5.11 Å². The lowest BCUT2D eigenvalue weighted by atomic mass is 10.5. The summed E-state index contributed by atoms with van der Waals surface area (Å²) in [5.41, 5.74) is 7.21. The summed E-state index contributed by atoms with van der Waals surface area (Å²) in [6.45, 7) is 0. The van der Waals surface area contributed by atoms with Crippen LogP contribution in [0.2, 0.25) is 0 Å². The molecule has 0 atom stereocenters.